The Morgan fingerprint density at radius 3 is 1.96 bits per heavy atom. The molecule has 0 saturated heterocycles. The zero-order valence-electron chi connectivity index (χ0n) is 15.6. The van der Waals surface area contributed by atoms with Crippen molar-refractivity contribution in [3.05, 3.63) is 57.1 Å². The molecule has 1 rings (SSSR count). The summed E-state index contributed by atoms with van der Waals surface area (Å²) in [4.78, 5) is 6.65. The van der Waals surface area contributed by atoms with Crippen molar-refractivity contribution in [2.24, 2.45) is 0 Å². The minimum Gasteiger partial charge on any atom is -0.303 e. The summed E-state index contributed by atoms with van der Waals surface area (Å²) in [5.74, 6) is 0.994. The highest BCUT2D eigenvalue weighted by Gasteiger charge is 2.27. The van der Waals surface area contributed by atoms with Crippen LogP contribution in [0.3, 0.4) is 0 Å². The van der Waals surface area contributed by atoms with Crippen LogP contribution in [0.25, 0.3) is 4.85 Å². The van der Waals surface area contributed by atoms with Crippen molar-refractivity contribution in [1.82, 2.24) is 0 Å². The number of rotatable bonds is 9. The van der Waals surface area contributed by atoms with Gasteiger partial charge in [0.25, 0.3) is 6.04 Å². The van der Waals surface area contributed by atoms with Crippen molar-refractivity contribution >= 4 is 35.3 Å². The molecule has 1 nitrogen and oxygen atoms in total. The van der Waals surface area contributed by atoms with E-state index < -0.39 is 0 Å². The van der Waals surface area contributed by atoms with Crippen LogP contribution in [0.1, 0.15) is 53.1 Å². The van der Waals surface area contributed by atoms with E-state index in [1.165, 1.54) is 9.81 Å². The quantitative estimate of drug-likeness (QED) is 0.415. The summed E-state index contributed by atoms with van der Waals surface area (Å²) in [6.07, 6.45) is 0. The van der Waals surface area contributed by atoms with E-state index in [0.29, 0.717) is 15.7 Å². The third kappa shape index (κ3) is 7.59. The largest absolute Gasteiger partial charge is 0.303 e. The zero-order valence-corrected chi connectivity index (χ0v) is 18.0. The van der Waals surface area contributed by atoms with Gasteiger partial charge in [0.15, 0.2) is 0 Å². The smallest absolute Gasteiger partial charge is 0.280 e. The van der Waals surface area contributed by atoms with E-state index in [-0.39, 0.29) is 6.04 Å². The van der Waals surface area contributed by atoms with Crippen molar-refractivity contribution in [1.29, 1.82) is 0 Å². The molecule has 0 amide bonds. The zero-order chi connectivity index (χ0) is 18.1. The first-order valence-electron chi connectivity index (χ1n) is 8.44. The molecule has 0 N–H and O–H groups in total. The topological polar surface area (TPSA) is 4.36 Å². The van der Waals surface area contributed by atoms with Crippen molar-refractivity contribution in [3.63, 3.8) is 0 Å². The van der Waals surface area contributed by atoms with Crippen LogP contribution in [0.2, 0.25) is 0 Å². The Balaban J connectivity index is 3.32. The first-order chi connectivity index (χ1) is 11.3. The molecule has 0 fully saturated rings. The first kappa shape index (κ1) is 21.5. The fourth-order valence-corrected chi connectivity index (χ4v) is 5.47. The number of nitrogens with zero attached hydrogens (tertiary/aromatic N) is 1. The predicted octanol–water partition coefficient (Wildman–Crippen LogP) is 7.28. The molecular formula is C20H29NS3. The summed E-state index contributed by atoms with van der Waals surface area (Å²) in [5, 5.41) is 1.60. The van der Waals surface area contributed by atoms with Gasteiger partial charge in [0.1, 0.15) is 0 Å². The molecule has 132 valence electrons. The van der Waals surface area contributed by atoms with Gasteiger partial charge in [-0.15, -0.1) is 23.5 Å². The molecule has 0 bridgehead atoms. The first-order valence-corrected chi connectivity index (χ1v) is 11.2. The molecule has 0 aliphatic rings. The summed E-state index contributed by atoms with van der Waals surface area (Å²) in [6, 6.07) is 10.1. The van der Waals surface area contributed by atoms with Crippen molar-refractivity contribution < 1.29 is 0 Å². The lowest BCUT2D eigenvalue weighted by molar-refractivity contribution is 1.03. The minimum atomic E-state index is -0.187. The highest BCUT2D eigenvalue weighted by atomic mass is 32.2. The molecule has 0 saturated carbocycles. The van der Waals surface area contributed by atoms with Gasteiger partial charge < -0.3 is 4.85 Å². The second kappa shape index (κ2) is 11.2. The van der Waals surface area contributed by atoms with Gasteiger partial charge in [-0.2, -0.15) is 11.8 Å². The maximum atomic E-state index is 7.83. The normalized spacial score (nSPS) is 14.0. The number of hydrogen-bond donors (Lipinski definition) is 0. The van der Waals surface area contributed by atoms with Gasteiger partial charge in [0.05, 0.1) is 4.91 Å². The number of thioether (sulfide) groups is 3. The Morgan fingerprint density at radius 2 is 1.50 bits per heavy atom. The molecule has 0 spiro atoms. The second-order valence-corrected chi connectivity index (χ2v) is 11.3. The van der Waals surface area contributed by atoms with Gasteiger partial charge in [-0.3, -0.25) is 0 Å². The van der Waals surface area contributed by atoms with Gasteiger partial charge in [0.2, 0.25) is 0 Å². The third-order valence-electron chi connectivity index (χ3n) is 3.06. The summed E-state index contributed by atoms with van der Waals surface area (Å²) >= 11 is 5.75. The highest BCUT2D eigenvalue weighted by molar-refractivity contribution is 8.08. The lowest BCUT2D eigenvalue weighted by atomic mass is 10.1. The van der Waals surface area contributed by atoms with E-state index in [0.717, 1.165) is 11.3 Å². The van der Waals surface area contributed by atoms with Crippen LogP contribution < -0.4 is 0 Å². The summed E-state index contributed by atoms with van der Waals surface area (Å²) in [6.45, 7) is 21.2. The van der Waals surface area contributed by atoms with Crippen LogP contribution in [0, 0.1) is 6.57 Å². The summed E-state index contributed by atoms with van der Waals surface area (Å²) in [5.41, 5.74) is 1.10. The molecular weight excluding hydrogens is 350 g/mol. The van der Waals surface area contributed by atoms with Gasteiger partial charge in [-0.05, 0) is 5.25 Å². The summed E-state index contributed by atoms with van der Waals surface area (Å²) in [7, 11) is 0. The lowest BCUT2D eigenvalue weighted by Gasteiger charge is -2.20. The molecule has 1 atom stereocenters. The Morgan fingerprint density at radius 1 is 0.917 bits per heavy atom. The fourth-order valence-electron chi connectivity index (χ4n) is 2.15. The maximum absolute atomic E-state index is 7.83. The molecule has 0 radical (unpaired) electrons. The van der Waals surface area contributed by atoms with Gasteiger partial charge in [-0.25, -0.2) is 6.57 Å². The molecule has 4 heteroatoms. The van der Waals surface area contributed by atoms with Crippen LogP contribution in [0.5, 0.6) is 0 Å². The number of benzene rings is 1. The monoisotopic (exact) mass is 379 g/mol. The van der Waals surface area contributed by atoms with Crippen LogP contribution in [0.4, 0.5) is 0 Å². The molecule has 0 aliphatic carbocycles. The van der Waals surface area contributed by atoms with E-state index in [1.807, 2.05) is 53.5 Å². The van der Waals surface area contributed by atoms with E-state index in [2.05, 4.69) is 58.5 Å². The second-order valence-electron chi connectivity index (χ2n) is 6.42. The Labute approximate surface area is 161 Å². The Bertz CT molecular complexity index is 556. The minimum absolute atomic E-state index is 0.187. The standard InChI is InChI=1S/C20H29NS3/c1-14(2)22-13-18(23-15(3)4)20(24-16(5)6)19(21-7)17-11-9-8-10-12-17/h8-12,14-16,19H,13H2,1-6H3/b20-18-. The third-order valence-corrected chi connectivity index (χ3v) is 6.81. The van der Waals surface area contributed by atoms with Gasteiger partial charge in [0, 0.05) is 26.7 Å². The SMILES string of the molecule is [C-]#[N+]C(/C(SC(C)C)=C(\CSC(C)C)SC(C)C)c1ccccc1. The van der Waals surface area contributed by atoms with Crippen molar-refractivity contribution in [3.8, 4) is 0 Å². The molecule has 1 aromatic carbocycles. The van der Waals surface area contributed by atoms with Crippen molar-refractivity contribution in [2.45, 2.75) is 63.3 Å². The molecule has 1 aromatic rings. The molecule has 0 aromatic heterocycles. The average molecular weight is 380 g/mol. The van der Waals surface area contributed by atoms with E-state index in [9.17, 15) is 0 Å². The lowest BCUT2D eigenvalue weighted by Crippen LogP contribution is -2.05. The molecule has 0 heterocycles. The predicted molar refractivity (Wildman–Crippen MR) is 116 cm³/mol. The summed E-state index contributed by atoms with van der Waals surface area (Å²) < 4.78 is 0. The van der Waals surface area contributed by atoms with Gasteiger partial charge >= 0.3 is 0 Å². The fraction of sp³-hybridized carbons (Fsp3) is 0.550. The highest BCUT2D eigenvalue weighted by Crippen LogP contribution is 2.43. The van der Waals surface area contributed by atoms with Crippen LogP contribution in [0.15, 0.2) is 40.1 Å². The van der Waals surface area contributed by atoms with Crippen LogP contribution in [-0.2, 0) is 0 Å². The molecule has 24 heavy (non-hydrogen) atoms. The van der Waals surface area contributed by atoms with Crippen molar-refractivity contribution in [2.75, 3.05) is 5.75 Å². The molecule has 1 unspecified atom stereocenters. The number of hydrogen-bond acceptors (Lipinski definition) is 3. The van der Waals surface area contributed by atoms with Crippen LogP contribution in [-0.4, -0.2) is 21.5 Å². The van der Waals surface area contributed by atoms with Gasteiger partial charge in [-0.1, -0.05) is 71.9 Å². The molecule has 0 aliphatic heterocycles. The maximum Gasteiger partial charge on any atom is 0.280 e. The van der Waals surface area contributed by atoms with E-state index in [4.69, 9.17) is 6.57 Å². The Kier molecular flexibility index (Phi) is 10.0. The Hall–Kier alpha value is -0.500. The average Bonchev–Trinajstić information content (AvgIpc) is 2.51. The van der Waals surface area contributed by atoms with E-state index in [1.54, 1.807) is 0 Å². The van der Waals surface area contributed by atoms with E-state index >= 15 is 0 Å². The van der Waals surface area contributed by atoms with Crippen LogP contribution >= 0.6 is 35.3 Å².